The fraction of sp³-hybridized carbons (Fsp3) is 0.941. The SMILES string of the molecule is Cl.NC1CCC(C(=O)N2CCC(OCC3CCCCO3)CC2)C1. The van der Waals surface area contributed by atoms with Gasteiger partial charge in [0, 0.05) is 31.7 Å². The molecule has 23 heavy (non-hydrogen) atoms. The first-order valence-electron chi connectivity index (χ1n) is 9.00. The van der Waals surface area contributed by atoms with E-state index in [4.69, 9.17) is 15.2 Å². The number of nitrogens with two attached hydrogens (primary N) is 1. The molecule has 0 aromatic heterocycles. The summed E-state index contributed by atoms with van der Waals surface area (Å²) in [7, 11) is 0. The van der Waals surface area contributed by atoms with Crippen LogP contribution in [0.5, 0.6) is 0 Å². The monoisotopic (exact) mass is 346 g/mol. The molecule has 2 heterocycles. The Morgan fingerprint density at radius 2 is 1.91 bits per heavy atom. The minimum absolute atomic E-state index is 0. The maximum absolute atomic E-state index is 12.5. The highest BCUT2D eigenvalue weighted by molar-refractivity contribution is 5.85. The molecular formula is C17H31ClN2O3. The molecule has 3 unspecified atom stereocenters. The number of carbonyl (C=O) groups is 1. The fourth-order valence-electron chi connectivity index (χ4n) is 3.92. The zero-order chi connectivity index (χ0) is 15.4. The first kappa shape index (κ1) is 19.0. The summed E-state index contributed by atoms with van der Waals surface area (Å²) in [4.78, 5) is 14.5. The minimum Gasteiger partial charge on any atom is -0.376 e. The Morgan fingerprint density at radius 1 is 1.13 bits per heavy atom. The first-order valence-corrected chi connectivity index (χ1v) is 9.00. The number of hydrogen-bond donors (Lipinski definition) is 1. The summed E-state index contributed by atoms with van der Waals surface area (Å²) in [6.07, 6.45) is 8.88. The first-order chi connectivity index (χ1) is 10.7. The Bertz CT molecular complexity index is 369. The summed E-state index contributed by atoms with van der Waals surface area (Å²) in [5.74, 6) is 0.491. The van der Waals surface area contributed by atoms with Gasteiger partial charge >= 0.3 is 0 Å². The molecule has 0 bridgehead atoms. The number of hydrogen-bond acceptors (Lipinski definition) is 4. The van der Waals surface area contributed by atoms with E-state index < -0.39 is 0 Å². The van der Waals surface area contributed by atoms with E-state index in [1.54, 1.807) is 0 Å². The average molecular weight is 347 g/mol. The lowest BCUT2D eigenvalue weighted by atomic mass is 10.0. The molecule has 6 heteroatoms. The van der Waals surface area contributed by atoms with E-state index in [1.807, 2.05) is 4.90 Å². The third-order valence-electron chi connectivity index (χ3n) is 5.37. The normalized spacial score (nSPS) is 32.6. The molecule has 1 amide bonds. The van der Waals surface area contributed by atoms with Crippen molar-refractivity contribution < 1.29 is 14.3 Å². The van der Waals surface area contributed by atoms with Gasteiger partial charge in [-0.3, -0.25) is 4.79 Å². The van der Waals surface area contributed by atoms with Gasteiger partial charge in [-0.25, -0.2) is 0 Å². The van der Waals surface area contributed by atoms with Crippen molar-refractivity contribution in [1.29, 1.82) is 0 Å². The van der Waals surface area contributed by atoms with Crippen LogP contribution >= 0.6 is 12.4 Å². The third kappa shape index (κ3) is 5.31. The standard InChI is InChI=1S/C17H30N2O3.ClH/c18-14-5-4-13(11-14)17(20)19-8-6-15(7-9-19)22-12-16-3-1-2-10-21-16;/h13-16H,1-12,18H2;1H. The van der Waals surface area contributed by atoms with Crippen molar-refractivity contribution in [3.05, 3.63) is 0 Å². The zero-order valence-corrected chi connectivity index (χ0v) is 14.8. The van der Waals surface area contributed by atoms with Crippen molar-refractivity contribution in [3.8, 4) is 0 Å². The molecule has 2 aliphatic heterocycles. The maximum atomic E-state index is 12.5. The van der Waals surface area contributed by atoms with Crippen LogP contribution in [0, 0.1) is 5.92 Å². The molecule has 5 nitrogen and oxygen atoms in total. The number of ether oxygens (including phenoxy) is 2. The van der Waals surface area contributed by atoms with Crippen LogP contribution < -0.4 is 5.73 Å². The average Bonchev–Trinajstić information content (AvgIpc) is 3.00. The molecule has 2 saturated heterocycles. The molecule has 0 aromatic carbocycles. The van der Waals surface area contributed by atoms with Crippen LogP contribution in [0.4, 0.5) is 0 Å². The summed E-state index contributed by atoms with van der Waals surface area (Å²) < 4.78 is 11.7. The highest BCUT2D eigenvalue weighted by Crippen LogP contribution is 2.27. The van der Waals surface area contributed by atoms with E-state index in [-0.39, 0.29) is 30.5 Å². The third-order valence-corrected chi connectivity index (χ3v) is 5.37. The Balaban J connectivity index is 0.00000192. The minimum atomic E-state index is 0. The van der Waals surface area contributed by atoms with Gasteiger partial charge in [0.2, 0.25) is 5.91 Å². The van der Waals surface area contributed by atoms with Gasteiger partial charge in [0.15, 0.2) is 0 Å². The van der Waals surface area contributed by atoms with Crippen LogP contribution in [0.3, 0.4) is 0 Å². The second kappa shape index (κ2) is 9.21. The van der Waals surface area contributed by atoms with Crippen molar-refractivity contribution in [2.75, 3.05) is 26.3 Å². The fourth-order valence-corrected chi connectivity index (χ4v) is 3.92. The largest absolute Gasteiger partial charge is 0.376 e. The van der Waals surface area contributed by atoms with Gasteiger partial charge in [0.25, 0.3) is 0 Å². The van der Waals surface area contributed by atoms with Gasteiger partial charge in [-0.15, -0.1) is 12.4 Å². The van der Waals surface area contributed by atoms with Crippen molar-refractivity contribution >= 4 is 18.3 Å². The molecule has 1 aliphatic carbocycles. The number of halogens is 1. The van der Waals surface area contributed by atoms with Crippen LogP contribution in [0.2, 0.25) is 0 Å². The molecule has 134 valence electrons. The van der Waals surface area contributed by atoms with Gasteiger partial charge in [0.1, 0.15) is 0 Å². The van der Waals surface area contributed by atoms with Crippen LogP contribution in [0.25, 0.3) is 0 Å². The Labute approximate surface area is 145 Å². The number of likely N-dealkylation sites (tertiary alicyclic amines) is 1. The molecule has 3 rings (SSSR count). The Hall–Kier alpha value is -0.360. The zero-order valence-electron chi connectivity index (χ0n) is 14.0. The van der Waals surface area contributed by atoms with Crippen LogP contribution in [-0.4, -0.2) is 55.4 Å². The quantitative estimate of drug-likeness (QED) is 0.846. The summed E-state index contributed by atoms with van der Waals surface area (Å²) in [5, 5.41) is 0. The number of piperidine rings is 1. The predicted octanol–water partition coefficient (Wildman–Crippen LogP) is 2.11. The summed E-state index contributed by atoms with van der Waals surface area (Å²) in [6.45, 7) is 3.27. The van der Waals surface area contributed by atoms with Crippen LogP contribution in [0.15, 0.2) is 0 Å². The van der Waals surface area contributed by atoms with E-state index >= 15 is 0 Å². The molecule has 1 saturated carbocycles. The Morgan fingerprint density at radius 3 is 2.52 bits per heavy atom. The summed E-state index contributed by atoms with van der Waals surface area (Å²) in [5.41, 5.74) is 5.92. The second-order valence-corrected chi connectivity index (χ2v) is 7.12. The Kier molecular flexibility index (Phi) is 7.60. The van der Waals surface area contributed by atoms with Gasteiger partial charge in [-0.2, -0.15) is 0 Å². The molecule has 0 aromatic rings. The summed E-state index contributed by atoms with van der Waals surface area (Å²) in [6, 6.07) is 0.227. The lowest BCUT2D eigenvalue weighted by Gasteiger charge is -2.34. The second-order valence-electron chi connectivity index (χ2n) is 7.12. The highest BCUT2D eigenvalue weighted by atomic mass is 35.5. The smallest absolute Gasteiger partial charge is 0.225 e. The maximum Gasteiger partial charge on any atom is 0.225 e. The number of rotatable bonds is 4. The lowest BCUT2D eigenvalue weighted by Crippen LogP contribution is -2.44. The van der Waals surface area contributed by atoms with Crippen molar-refractivity contribution in [1.82, 2.24) is 4.90 Å². The van der Waals surface area contributed by atoms with Crippen LogP contribution in [-0.2, 0) is 14.3 Å². The van der Waals surface area contributed by atoms with E-state index in [0.29, 0.717) is 12.0 Å². The number of amides is 1. The highest BCUT2D eigenvalue weighted by Gasteiger charge is 2.33. The molecule has 3 fully saturated rings. The van der Waals surface area contributed by atoms with E-state index in [0.717, 1.165) is 64.8 Å². The molecule has 0 radical (unpaired) electrons. The predicted molar refractivity (Wildman–Crippen MR) is 91.7 cm³/mol. The molecule has 2 N–H and O–H groups in total. The molecule has 3 aliphatic rings. The number of nitrogens with zero attached hydrogens (tertiary/aromatic N) is 1. The number of carbonyl (C=O) groups excluding carboxylic acids is 1. The van der Waals surface area contributed by atoms with E-state index in [2.05, 4.69) is 0 Å². The van der Waals surface area contributed by atoms with E-state index in [1.165, 1.54) is 12.8 Å². The van der Waals surface area contributed by atoms with Crippen LogP contribution in [0.1, 0.15) is 51.4 Å². The summed E-state index contributed by atoms with van der Waals surface area (Å²) >= 11 is 0. The lowest BCUT2D eigenvalue weighted by molar-refractivity contribution is -0.139. The van der Waals surface area contributed by atoms with Crippen molar-refractivity contribution in [2.24, 2.45) is 11.7 Å². The molecule has 0 spiro atoms. The van der Waals surface area contributed by atoms with Crippen molar-refractivity contribution in [3.63, 3.8) is 0 Å². The van der Waals surface area contributed by atoms with Gasteiger partial charge in [0.05, 0.1) is 18.8 Å². The van der Waals surface area contributed by atoms with Gasteiger partial charge in [-0.05, 0) is 51.4 Å². The van der Waals surface area contributed by atoms with E-state index in [9.17, 15) is 4.79 Å². The van der Waals surface area contributed by atoms with Gasteiger partial charge < -0.3 is 20.1 Å². The molecular weight excluding hydrogens is 316 g/mol. The molecule has 3 atom stereocenters. The topological polar surface area (TPSA) is 64.8 Å². The van der Waals surface area contributed by atoms with Gasteiger partial charge in [-0.1, -0.05) is 0 Å². The van der Waals surface area contributed by atoms with Crippen molar-refractivity contribution in [2.45, 2.75) is 69.6 Å².